The molecular weight excluding hydrogens is 214 g/mol. The lowest BCUT2D eigenvalue weighted by Gasteiger charge is -2.28. The van der Waals surface area contributed by atoms with Crippen molar-refractivity contribution < 1.29 is 9.57 Å². The first-order valence-corrected chi connectivity index (χ1v) is 6.08. The van der Waals surface area contributed by atoms with E-state index in [9.17, 15) is 0 Å². The molecule has 0 saturated heterocycles. The van der Waals surface area contributed by atoms with Gasteiger partial charge in [0.15, 0.2) is 0 Å². The van der Waals surface area contributed by atoms with Crippen LogP contribution in [0.5, 0.6) is 5.75 Å². The van der Waals surface area contributed by atoms with Gasteiger partial charge in [0.2, 0.25) is 0 Å². The fourth-order valence-corrected chi connectivity index (χ4v) is 2.13. The van der Waals surface area contributed by atoms with Crippen LogP contribution in [-0.4, -0.2) is 13.7 Å². The van der Waals surface area contributed by atoms with Crippen LogP contribution in [0.2, 0.25) is 0 Å². The molecule has 2 rings (SSSR count). The minimum atomic E-state index is 0.157. The highest BCUT2D eigenvalue weighted by molar-refractivity contribution is 5.42. The molecule has 0 saturated carbocycles. The smallest absolute Gasteiger partial charge is 0.124 e. The maximum atomic E-state index is 5.67. The SMILES string of the molecule is CONC1CCOc2ccc(C(C)(C)C)cc21. The summed E-state index contributed by atoms with van der Waals surface area (Å²) in [5, 5.41) is 0. The zero-order chi connectivity index (χ0) is 12.5. The second kappa shape index (κ2) is 4.67. The first kappa shape index (κ1) is 12.4. The Balaban J connectivity index is 2.37. The van der Waals surface area contributed by atoms with Crippen LogP contribution in [0.15, 0.2) is 18.2 Å². The third-order valence-electron chi connectivity index (χ3n) is 3.18. The highest BCUT2D eigenvalue weighted by atomic mass is 16.6. The van der Waals surface area contributed by atoms with Crippen molar-refractivity contribution in [3.8, 4) is 5.75 Å². The van der Waals surface area contributed by atoms with Crippen molar-refractivity contribution in [2.45, 2.75) is 38.6 Å². The highest BCUT2D eigenvalue weighted by Crippen LogP contribution is 2.35. The summed E-state index contributed by atoms with van der Waals surface area (Å²) in [5.41, 5.74) is 5.72. The van der Waals surface area contributed by atoms with Gasteiger partial charge in [0.05, 0.1) is 19.8 Å². The monoisotopic (exact) mass is 235 g/mol. The van der Waals surface area contributed by atoms with Gasteiger partial charge in [-0.2, -0.15) is 5.48 Å². The Morgan fingerprint density at radius 3 is 2.76 bits per heavy atom. The highest BCUT2D eigenvalue weighted by Gasteiger charge is 2.24. The quantitative estimate of drug-likeness (QED) is 0.799. The van der Waals surface area contributed by atoms with Gasteiger partial charge in [-0.05, 0) is 23.1 Å². The molecule has 0 aliphatic carbocycles. The number of fused-ring (bicyclic) bond motifs is 1. The molecule has 1 heterocycles. The van der Waals surface area contributed by atoms with Crippen LogP contribution < -0.4 is 10.2 Å². The molecule has 94 valence electrons. The summed E-state index contributed by atoms with van der Waals surface area (Å²) in [4.78, 5) is 5.06. The number of benzene rings is 1. The van der Waals surface area contributed by atoms with Crippen LogP contribution >= 0.6 is 0 Å². The van der Waals surface area contributed by atoms with Crippen molar-refractivity contribution in [2.24, 2.45) is 0 Å². The lowest BCUT2D eigenvalue weighted by molar-refractivity contribution is 0.0462. The van der Waals surface area contributed by atoms with Crippen molar-refractivity contribution in [2.75, 3.05) is 13.7 Å². The third kappa shape index (κ3) is 2.61. The predicted molar refractivity (Wildman–Crippen MR) is 68.1 cm³/mol. The standard InChI is InChI=1S/C14H21NO2/c1-14(2,3)10-5-6-13-11(9-10)12(15-16-4)7-8-17-13/h5-6,9,12,15H,7-8H2,1-4H3. The molecular formula is C14H21NO2. The summed E-state index contributed by atoms with van der Waals surface area (Å²) in [5.74, 6) is 0.971. The first-order chi connectivity index (χ1) is 8.02. The second-order valence-electron chi connectivity index (χ2n) is 5.51. The van der Waals surface area contributed by atoms with E-state index < -0.39 is 0 Å². The molecule has 1 aromatic rings. The van der Waals surface area contributed by atoms with Crippen molar-refractivity contribution in [1.82, 2.24) is 5.48 Å². The lowest BCUT2D eigenvalue weighted by Crippen LogP contribution is -2.27. The van der Waals surface area contributed by atoms with Crippen LogP contribution in [0.4, 0.5) is 0 Å². The number of hydroxylamine groups is 1. The molecule has 0 amide bonds. The van der Waals surface area contributed by atoms with E-state index >= 15 is 0 Å². The Bertz CT molecular complexity index is 396. The minimum Gasteiger partial charge on any atom is -0.493 e. The molecule has 3 heteroatoms. The van der Waals surface area contributed by atoms with E-state index in [1.807, 2.05) is 0 Å². The van der Waals surface area contributed by atoms with Crippen molar-refractivity contribution >= 4 is 0 Å². The van der Waals surface area contributed by atoms with E-state index in [2.05, 4.69) is 44.5 Å². The number of ether oxygens (including phenoxy) is 1. The number of rotatable bonds is 2. The van der Waals surface area contributed by atoms with E-state index in [0.717, 1.165) is 18.8 Å². The van der Waals surface area contributed by atoms with Gasteiger partial charge in [0, 0.05) is 12.0 Å². The van der Waals surface area contributed by atoms with Gasteiger partial charge in [-0.25, -0.2) is 0 Å². The Kier molecular flexibility index (Phi) is 3.40. The topological polar surface area (TPSA) is 30.5 Å². The molecule has 1 aliphatic heterocycles. The van der Waals surface area contributed by atoms with E-state index in [1.165, 1.54) is 11.1 Å². The van der Waals surface area contributed by atoms with Gasteiger partial charge >= 0.3 is 0 Å². The predicted octanol–water partition coefficient (Wildman–Crippen LogP) is 2.96. The summed E-state index contributed by atoms with van der Waals surface area (Å²) in [6.45, 7) is 7.40. The van der Waals surface area contributed by atoms with E-state index in [4.69, 9.17) is 9.57 Å². The Morgan fingerprint density at radius 2 is 2.12 bits per heavy atom. The molecule has 0 radical (unpaired) electrons. The third-order valence-corrected chi connectivity index (χ3v) is 3.18. The molecule has 0 bridgehead atoms. The van der Waals surface area contributed by atoms with Crippen molar-refractivity contribution in [3.05, 3.63) is 29.3 Å². The van der Waals surface area contributed by atoms with Gasteiger partial charge in [-0.3, -0.25) is 0 Å². The maximum absolute atomic E-state index is 5.67. The molecule has 3 nitrogen and oxygen atoms in total. The van der Waals surface area contributed by atoms with Crippen LogP contribution in [0.3, 0.4) is 0 Å². The molecule has 1 aromatic carbocycles. The van der Waals surface area contributed by atoms with Gasteiger partial charge in [-0.1, -0.05) is 26.8 Å². The molecule has 1 atom stereocenters. The van der Waals surface area contributed by atoms with Crippen LogP contribution in [0.1, 0.15) is 44.4 Å². The van der Waals surface area contributed by atoms with Gasteiger partial charge in [0.1, 0.15) is 5.75 Å². The van der Waals surface area contributed by atoms with Crippen molar-refractivity contribution in [3.63, 3.8) is 0 Å². The van der Waals surface area contributed by atoms with Crippen molar-refractivity contribution in [1.29, 1.82) is 0 Å². The molecule has 1 unspecified atom stereocenters. The van der Waals surface area contributed by atoms with Crippen LogP contribution in [-0.2, 0) is 10.3 Å². The molecule has 0 fully saturated rings. The summed E-state index contributed by atoms with van der Waals surface area (Å²) >= 11 is 0. The normalized spacial score (nSPS) is 19.6. The second-order valence-corrected chi connectivity index (χ2v) is 5.51. The molecule has 1 aliphatic rings. The van der Waals surface area contributed by atoms with Crippen LogP contribution in [0.25, 0.3) is 0 Å². The molecule has 0 aromatic heterocycles. The van der Waals surface area contributed by atoms with Gasteiger partial charge in [-0.15, -0.1) is 0 Å². The first-order valence-electron chi connectivity index (χ1n) is 6.08. The lowest BCUT2D eigenvalue weighted by atomic mass is 9.84. The Hall–Kier alpha value is -1.06. The number of hydrogen-bond acceptors (Lipinski definition) is 3. The fraction of sp³-hybridized carbons (Fsp3) is 0.571. The summed E-state index contributed by atoms with van der Waals surface area (Å²) in [7, 11) is 1.66. The number of hydrogen-bond donors (Lipinski definition) is 1. The van der Waals surface area contributed by atoms with Gasteiger partial charge in [0.25, 0.3) is 0 Å². The van der Waals surface area contributed by atoms with E-state index in [1.54, 1.807) is 7.11 Å². The zero-order valence-corrected chi connectivity index (χ0v) is 11.0. The Morgan fingerprint density at radius 1 is 1.35 bits per heavy atom. The largest absolute Gasteiger partial charge is 0.493 e. The summed E-state index contributed by atoms with van der Waals surface area (Å²) < 4.78 is 5.67. The van der Waals surface area contributed by atoms with E-state index in [-0.39, 0.29) is 11.5 Å². The number of nitrogens with one attached hydrogen (secondary N) is 1. The minimum absolute atomic E-state index is 0.157. The molecule has 0 spiro atoms. The Labute approximate surface area is 103 Å². The maximum Gasteiger partial charge on any atom is 0.124 e. The zero-order valence-electron chi connectivity index (χ0n) is 11.0. The average molecular weight is 235 g/mol. The summed E-state index contributed by atoms with van der Waals surface area (Å²) in [6.07, 6.45) is 0.939. The van der Waals surface area contributed by atoms with Gasteiger partial charge < -0.3 is 9.57 Å². The average Bonchev–Trinajstić information content (AvgIpc) is 2.28. The summed E-state index contributed by atoms with van der Waals surface area (Å²) in [6, 6.07) is 6.67. The van der Waals surface area contributed by atoms with E-state index in [0.29, 0.717) is 0 Å². The molecule has 17 heavy (non-hydrogen) atoms. The van der Waals surface area contributed by atoms with Crippen LogP contribution in [0, 0.1) is 0 Å². The molecule has 1 N–H and O–H groups in total. The fourth-order valence-electron chi connectivity index (χ4n) is 2.13.